The molecule has 30 heavy (non-hydrogen) atoms. The van der Waals surface area contributed by atoms with Crippen LogP contribution in [0.4, 0.5) is 0 Å². The van der Waals surface area contributed by atoms with Crippen LogP contribution in [0.5, 0.6) is 5.75 Å². The van der Waals surface area contributed by atoms with E-state index in [1.165, 1.54) is 0 Å². The number of hydrazone groups is 1. The number of amidine groups is 1. The van der Waals surface area contributed by atoms with Crippen LogP contribution in [0.1, 0.15) is 42.3 Å². The number of nitrogens with one attached hydrogen (secondary N) is 2. The first-order chi connectivity index (χ1) is 14.4. The smallest absolute Gasteiger partial charge is 0.256 e. The molecule has 2 rings (SSSR count). The van der Waals surface area contributed by atoms with Crippen molar-refractivity contribution in [3.8, 4) is 5.75 Å². The summed E-state index contributed by atoms with van der Waals surface area (Å²) in [6.07, 6.45) is 3.48. The number of hydrogen-bond donors (Lipinski definition) is 3. The van der Waals surface area contributed by atoms with Gasteiger partial charge in [-0.15, -0.1) is 0 Å². The first-order valence-corrected chi connectivity index (χ1v) is 10.2. The van der Waals surface area contributed by atoms with Crippen LogP contribution in [0.2, 0.25) is 5.02 Å². The molecular formula is C23H28ClN3O3. The van der Waals surface area contributed by atoms with Gasteiger partial charge in [0.1, 0.15) is 5.75 Å². The average Bonchev–Trinajstić information content (AvgIpc) is 2.73. The summed E-state index contributed by atoms with van der Waals surface area (Å²) in [4.78, 5) is 12.5. The molecule has 0 heterocycles. The van der Waals surface area contributed by atoms with Crippen molar-refractivity contribution >= 4 is 23.3 Å². The van der Waals surface area contributed by atoms with E-state index in [2.05, 4.69) is 29.7 Å². The second-order valence-electron chi connectivity index (χ2n) is 7.10. The van der Waals surface area contributed by atoms with Gasteiger partial charge in [-0.2, -0.15) is 5.10 Å². The molecule has 3 N–H and O–H groups in total. The Hall–Kier alpha value is -2.83. The van der Waals surface area contributed by atoms with Gasteiger partial charge in [0, 0.05) is 16.1 Å². The lowest BCUT2D eigenvalue weighted by Gasteiger charge is -2.14. The number of halogens is 1. The second kappa shape index (κ2) is 12.0. The van der Waals surface area contributed by atoms with Crippen LogP contribution in [0, 0.1) is 5.92 Å². The van der Waals surface area contributed by atoms with Gasteiger partial charge in [0.15, 0.2) is 5.84 Å². The number of allylic oxidation sites excluding steroid dienone is 1. The van der Waals surface area contributed by atoms with Gasteiger partial charge < -0.3 is 20.6 Å². The number of carbonyl (C=O) groups is 1. The van der Waals surface area contributed by atoms with Crippen molar-refractivity contribution in [2.45, 2.75) is 33.9 Å². The minimum Gasteiger partial charge on any atom is -0.493 e. The Labute approximate surface area is 182 Å². The van der Waals surface area contributed by atoms with Crippen LogP contribution in [0.15, 0.2) is 59.7 Å². The Bertz CT molecular complexity index is 893. The maximum Gasteiger partial charge on any atom is 0.256 e. The number of benzene rings is 2. The fraction of sp³-hybridized carbons (Fsp3) is 0.304. The van der Waals surface area contributed by atoms with E-state index in [1.54, 1.807) is 42.5 Å². The molecule has 0 aliphatic heterocycles. The van der Waals surface area contributed by atoms with Crippen molar-refractivity contribution in [1.82, 2.24) is 10.7 Å². The Kier molecular flexibility index (Phi) is 9.38. The number of hydrogen-bond acceptors (Lipinski definition) is 5. The number of ether oxygens (including phenoxy) is 1. The largest absolute Gasteiger partial charge is 0.493 e. The Morgan fingerprint density at radius 3 is 2.60 bits per heavy atom. The van der Waals surface area contributed by atoms with Crippen LogP contribution in [-0.2, 0) is 13.2 Å². The van der Waals surface area contributed by atoms with Crippen LogP contribution < -0.4 is 15.5 Å². The van der Waals surface area contributed by atoms with E-state index in [1.807, 2.05) is 19.1 Å². The summed E-state index contributed by atoms with van der Waals surface area (Å²) in [6.45, 7) is 6.93. The highest BCUT2D eigenvalue weighted by atomic mass is 35.5. The fourth-order valence-electron chi connectivity index (χ4n) is 2.51. The molecule has 6 nitrogen and oxygen atoms in total. The molecule has 0 spiro atoms. The molecule has 2 aromatic carbocycles. The third kappa shape index (κ3) is 7.54. The molecule has 160 valence electrons. The molecule has 0 radical (unpaired) electrons. The van der Waals surface area contributed by atoms with Crippen LogP contribution in [0.3, 0.4) is 0 Å². The lowest BCUT2D eigenvalue weighted by Crippen LogP contribution is -2.30. The summed E-state index contributed by atoms with van der Waals surface area (Å²) in [5, 5.41) is 16.8. The van der Waals surface area contributed by atoms with Crippen molar-refractivity contribution in [3.05, 3.63) is 76.3 Å². The highest BCUT2D eigenvalue weighted by Gasteiger charge is 2.09. The summed E-state index contributed by atoms with van der Waals surface area (Å²) < 4.78 is 5.85. The van der Waals surface area contributed by atoms with E-state index in [9.17, 15) is 4.79 Å². The quantitative estimate of drug-likeness (QED) is 0.315. The number of nitrogens with zero attached hydrogens (tertiary/aromatic N) is 1. The number of amides is 1. The summed E-state index contributed by atoms with van der Waals surface area (Å²) in [7, 11) is 0. The van der Waals surface area contributed by atoms with Crippen LogP contribution >= 0.6 is 11.6 Å². The van der Waals surface area contributed by atoms with Crippen LogP contribution in [0.25, 0.3) is 0 Å². The zero-order valence-electron chi connectivity index (χ0n) is 17.5. The SMILES string of the molecule is C/C=C/C(=N\NCc1cc(Cl)ccc1OCC(C)C)NC(=O)c1ccc(CO)cc1. The predicted molar refractivity (Wildman–Crippen MR) is 121 cm³/mol. The van der Waals surface area contributed by atoms with Gasteiger partial charge in [-0.05, 0) is 54.8 Å². The molecule has 0 aliphatic carbocycles. The predicted octanol–water partition coefficient (Wildman–Crippen LogP) is 4.28. The van der Waals surface area contributed by atoms with Gasteiger partial charge >= 0.3 is 0 Å². The van der Waals surface area contributed by atoms with Crippen LogP contribution in [-0.4, -0.2) is 23.5 Å². The third-order valence-electron chi connectivity index (χ3n) is 4.03. The monoisotopic (exact) mass is 429 g/mol. The van der Waals surface area contributed by atoms with E-state index in [-0.39, 0.29) is 12.5 Å². The van der Waals surface area contributed by atoms with E-state index in [4.69, 9.17) is 21.4 Å². The Morgan fingerprint density at radius 1 is 1.23 bits per heavy atom. The zero-order valence-corrected chi connectivity index (χ0v) is 18.2. The van der Waals surface area contributed by atoms with E-state index < -0.39 is 0 Å². The van der Waals surface area contributed by atoms with Gasteiger partial charge in [-0.1, -0.05) is 43.7 Å². The summed E-state index contributed by atoms with van der Waals surface area (Å²) >= 11 is 6.13. The van der Waals surface area contributed by atoms with Gasteiger partial charge in [0.25, 0.3) is 5.91 Å². The third-order valence-corrected chi connectivity index (χ3v) is 4.26. The maximum absolute atomic E-state index is 12.5. The lowest BCUT2D eigenvalue weighted by molar-refractivity contribution is 0.0977. The van der Waals surface area contributed by atoms with E-state index in [0.717, 1.165) is 16.9 Å². The summed E-state index contributed by atoms with van der Waals surface area (Å²) in [5.74, 6) is 1.24. The molecule has 0 saturated carbocycles. The molecule has 1 amide bonds. The molecule has 0 saturated heterocycles. The van der Waals surface area contributed by atoms with Crippen molar-refractivity contribution in [2.75, 3.05) is 6.61 Å². The number of aliphatic hydroxyl groups is 1. The summed E-state index contributed by atoms with van der Waals surface area (Å²) in [6, 6.07) is 12.2. The van der Waals surface area contributed by atoms with Gasteiger partial charge in [-0.25, -0.2) is 0 Å². The minimum atomic E-state index is -0.290. The van der Waals surface area contributed by atoms with Crippen molar-refractivity contribution < 1.29 is 14.6 Å². The molecule has 0 aromatic heterocycles. The number of carbonyl (C=O) groups excluding carboxylic acids is 1. The Morgan fingerprint density at radius 2 is 1.97 bits per heavy atom. The first kappa shape index (κ1) is 23.4. The first-order valence-electron chi connectivity index (χ1n) is 9.78. The van der Waals surface area contributed by atoms with Crippen molar-refractivity contribution in [2.24, 2.45) is 11.0 Å². The molecular weight excluding hydrogens is 402 g/mol. The normalized spacial score (nSPS) is 11.7. The number of aliphatic hydroxyl groups excluding tert-OH is 1. The lowest BCUT2D eigenvalue weighted by atomic mass is 10.1. The maximum atomic E-state index is 12.5. The molecule has 0 fully saturated rings. The van der Waals surface area contributed by atoms with Gasteiger partial charge in [0.2, 0.25) is 0 Å². The van der Waals surface area contributed by atoms with E-state index >= 15 is 0 Å². The number of rotatable bonds is 9. The molecule has 0 unspecified atom stereocenters. The average molecular weight is 430 g/mol. The van der Waals surface area contributed by atoms with E-state index in [0.29, 0.717) is 35.5 Å². The standard InChI is InChI=1S/C23H28ClN3O3/c1-4-5-22(26-23(29)18-8-6-17(14-28)7-9-18)27-25-13-19-12-20(24)10-11-21(19)30-15-16(2)3/h4-12,16,25,28H,13-15H2,1-3H3,(H,26,27,29)/b5-4+. The highest BCUT2D eigenvalue weighted by molar-refractivity contribution is 6.30. The fourth-order valence-corrected chi connectivity index (χ4v) is 2.70. The molecule has 2 aromatic rings. The van der Waals surface area contributed by atoms with Gasteiger partial charge in [0.05, 0.1) is 19.8 Å². The minimum absolute atomic E-state index is 0.0660. The summed E-state index contributed by atoms with van der Waals surface area (Å²) in [5.41, 5.74) is 5.06. The zero-order chi connectivity index (χ0) is 21.9. The molecule has 0 bridgehead atoms. The highest BCUT2D eigenvalue weighted by Crippen LogP contribution is 2.23. The molecule has 0 atom stereocenters. The van der Waals surface area contributed by atoms with Gasteiger partial charge in [-0.3, -0.25) is 4.79 Å². The Balaban J connectivity index is 2.06. The van der Waals surface area contributed by atoms with Crippen molar-refractivity contribution in [1.29, 1.82) is 0 Å². The van der Waals surface area contributed by atoms with Crippen molar-refractivity contribution in [3.63, 3.8) is 0 Å². The topological polar surface area (TPSA) is 83.0 Å². The molecule has 7 heteroatoms. The molecule has 0 aliphatic rings. The second-order valence-corrected chi connectivity index (χ2v) is 7.53.